The number of carbonyl (C=O) groups excluding carboxylic acids is 1. The van der Waals surface area contributed by atoms with E-state index in [1.54, 1.807) is 0 Å². The van der Waals surface area contributed by atoms with E-state index >= 15 is 0 Å². The molecule has 0 heterocycles. The summed E-state index contributed by atoms with van der Waals surface area (Å²) < 4.78 is 0. The first kappa shape index (κ1) is 24.9. The van der Waals surface area contributed by atoms with Crippen molar-refractivity contribution in [3.05, 3.63) is 11.6 Å². The molecule has 5 aliphatic carbocycles. The van der Waals surface area contributed by atoms with Gasteiger partial charge in [0, 0.05) is 12.8 Å². The Morgan fingerprint density at radius 3 is 2.42 bits per heavy atom. The Hall–Kier alpha value is -1.16. The van der Waals surface area contributed by atoms with Crippen LogP contribution in [0.25, 0.3) is 0 Å². The van der Waals surface area contributed by atoms with Crippen molar-refractivity contribution in [3.63, 3.8) is 0 Å². The molecule has 0 aromatic heterocycles. The molecule has 2 N–H and O–H groups in total. The van der Waals surface area contributed by atoms with Crippen molar-refractivity contribution in [2.24, 2.45) is 40.4 Å². The van der Waals surface area contributed by atoms with Crippen LogP contribution >= 0.6 is 0 Å². The molecule has 5 rings (SSSR count). The smallest absolute Gasteiger partial charge is 0.303 e. The average molecular weight is 459 g/mol. The Morgan fingerprint density at radius 2 is 1.73 bits per heavy atom. The van der Waals surface area contributed by atoms with Crippen LogP contribution in [-0.2, 0) is 9.59 Å². The standard InChI is InChI=1S/C19H28O2.C10H18O2/c1-18-9-7-13(20)11-12(18)3-4-14-15-5-6-17(21)19(15,2)10-8-16(14)18;1-8(7-10(11)12)9-5-3-2-4-6-9/h11,14-17,21H,3-10H2,1-2H3;8-9H,2-7H2,1H3,(H,11,12)/t14-,15-,16-,17-,18-,19-;/m0./s1. The number of carbonyl (C=O) groups is 2. The average Bonchev–Trinajstić information content (AvgIpc) is 3.09. The normalized spacial score (nSPS) is 41.6. The molecule has 4 heteroatoms. The Bertz CT molecular complexity index is 766. The zero-order chi connectivity index (χ0) is 23.8. The van der Waals surface area contributed by atoms with Crippen LogP contribution < -0.4 is 0 Å². The van der Waals surface area contributed by atoms with Crippen molar-refractivity contribution in [1.82, 2.24) is 0 Å². The van der Waals surface area contributed by atoms with Gasteiger partial charge >= 0.3 is 5.97 Å². The van der Waals surface area contributed by atoms with E-state index in [1.807, 2.05) is 6.08 Å². The van der Waals surface area contributed by atoms with Crippen LogP contribution in [0.4, 0.5) is 0 Å². The lowest BCUT2D eigenvalue weighted by Crippen LogP contribution is -2.51. The van der Waals surface area contributed by atoms with E-state index in [4.69, 9.17) is 5.11 Å². The topological polar surface area (TPSA) is 74.6 Å². The zero-order valence-electron chi connectivity index (χ0n) is 21.2. The minimum atomic E-state index is -0.645. The molecule has 0 radical (unpaired) electrons. The molecular formula is C29H46O4. The van der Waals surface area contributed by atoms with E-state index in [0.29, 0.717) is 30.0 Å². The molecule has 0 aromatic carbocycles. The number of rotatable bonds is 3. The third kappa shape index (κ3) is 4.83. The van der Waals surface area contributed by atoms with Crippen LogP contribution in [0.1, 0.15) is 111 Å². The molecule has 0 aliphatic heterocycles. The first-order chi connectivity index (χ1) is 15.6. The molecule has 33 heavy (non-hydrogen) atoms. The Labute approximate surface area is 200 Å². The van der Waals surface area contributed by atoms with E-state index in [-0.39, 0.29) is 16.9 Å². The third-order valence-electron chi connectivity index (χ3n) is 10.9. The van der Waals surface area contributed by atoms with E-state index in [1.165, 1.54) is 63.4 Å². The number of aliphatic hydroxyl groups is 1. The number of allylic oxidation sites excluding steroid dienone is 1. The second-order valence-electron chi connectivity index (χ2n) is 12.6. The summed E-state index contributed by atoms with van der Waals surface area (Å²) in [4.78, 5) is 22.2. The maximum Gasteiger partial charge on any atom is 0.303 e. The molecule has 4 nitrogen and oxygen atoms in total. The number of aliphatic carboxylic acids is 1. The molecule has 186 valence electrons. The molecule has 5 aliphatic rings. The van der Waals surface area contributed by atoms with Gasteiger partial charge in [0.2, 0.25) is 0 Å². The minimum absolute atomic E-state index is 0.0823. The summed E-state index contributed by atoms with van der Waals surface area (Å²) in [6.45, 7) is 6.84. The minimum Gasteiger partial charge on any atom is -0.481 e. The predicted molar refractivity (Wildman–Crippen MR) is 131 cm³/mol. The first-order valence-corrected chi connectivity index (χ1v) is 13.8. The van der Waals surface area contributed by atoms with Gasteiger partial charge in [-0.2, -0.15) is 0 Å². The van der Waals surface area contributed by atoms with Crippen LogP contribution in [0.15, 0.2) is 11.6 Å². The summed E-state index contributed by atoms with van der Waals surface area (Å²) in [6.07, 6.45) is 17.5. The summed E-state index contributed by atoms with van der Waals surface area (Å²) in [7, 11) is 0. The molecular weight excluding hydrogens is 412 g/mol. The number of hydrogen-bond acceptors (Lipinski definition) is 3. The highest BCUT2D eigenvalue weighted by Gasteiger charge is 2.58. The summed E-state index contributed by atoms with van der Waals surface area (Å²) in [5.74, 6) is 2.98. The van der Waals surface area contributed by atoms with Crippen LogP contribution in [0.5, 0.6) is 0 Å². The lowest BCUT2D eigenvalue weighted by Gasteiger charge is -2.57. The molecule has 0 bridgehead atoms. The fourth-order valence-electron chi connectivity index (χ4n) is 8.68. The lowest BCUT2D eigenvalue weighted by molar-refractivity contribution is -0.138. The molecule has 0 spiro atoms. The third-order valence-corrected chi connectivity index (χ3v) is 10.9. The summed E-state index contributed by atoms with van der Waals surface area (Å²) in [5, 5.41) is 19.1. The van der Waals surface area contributed by atoms with Crippen LogP contribution in [0.3, 0.4) is 0 Å². The van der Waals surface area contributed by atoms with Crippen LogP contribution in [-0.4, -0.2) is 28.1 Å². The summed E-state index contributed by atoms with van der Waals surface area (Å²) >= 11 is 0. The Kier molecular flexibility index (Phi) is 7.44. The van der Waals surface area contributed by atoms with Gasteiger partial charge in [0.25, 0.3) is 0 Å². The number of carboxylic acid groups (broad SMARTS) is 1. The number of ketones is 1. The quantitative estimate of drug-likeness (QED) is 0.502. The van der Waals surface area contributed by atoms with E-state index in [2.05, 4.69) is 20.8 Å². The molecule has 1 unspecified atom stereocenters. The van der Waals surface area contributed by atoms with Gasteiger partial charge in [-0.05, 0) is 91.4 Å². The largest absolute Gasteiger partial charge is 0.481 e. The molecule has 7 atom stereocenters. The highest BCUT2D eigenvalue weighted by atomic mass is 16.4. The lowest BCUT2D eigenvalue weighted by atomic mass is 9.47. The molecule has 0 saturated heterocycles. The van der Waals surface area contributed by atoms with Gasteiger partial charge < -0.3 is 10.2 Å². The van der Waals surface area contributed by atoms with Gasteiger partial charge in [-0.1, -0.05) is 58.4 Å². The fraction of sp³-hybridized carbons (Fsp3) is 0.862. The van der Waals surface area contributed by atoms with Crippen LogP contribution in [0, 0.1) is 40.4 Å². The molecule has 4 fully saturated rings. The van der Waals surface area contributed by atoms with Crippen molar-refractivity contribution in [2.75, 3.05) is 0 Å². The Morgan fingerprint density at radius 1 is 1.00 bits per heavy atom. The molecule has 0 amide bonds. The van der Waals surface area contributed by atoms with Crippen molar-refractivity contribution in [2.45, 2.75) is 117 Å². The zero-order valence-corrected chi connectivity index (χ0v) is 21.2. The van der Waals surface area contributed by atoms with Crippen molar-refractivity contribution < 1.29 is 19.8 Å². The second kappa shape index (κ2) is 9.84. The van der Waals surface area contributed by atoms with Gasteiger partial charge in [0.1, 0.15) is 0 Å². The molecule has 0 aromatic rings. The number of aliphatic hydroxyl groups excluding tert-OH is 1. The van der Waals surface area contributed by atoms with E-state index in [0.717, 1.165) is 37.5 Å². The van der Waals surface area contributed by atoms with Gasteiger partial charge in [-0.15, -0.1) is 0 Å². The highest BCUT2D eigenvalue weighted by molar-refractivity contribution is 5.91. The van der Waals surface area contributed by atoms with Gasteiger partial charge in [-0.25, -0.2) is 0 Å². The maximum atomic E-state index is 11.8. The van der Waals surface area contributed by atoms with Gasteiger partial charge in [-0.3, -0.25) is 9.59 Å². The van der Waals surface area contributed by atoms with Gasteiger partial charge in [0.15, 0.2) is 5.78 Å². The Balaban J connectivity index is 0.000000185. The SMILES string of the molecule is CC(CC(=O)O)C1CCCCC1.C[C@]12CC[C@H]3[C@@H](CCC4=CC(=O)CC[C@@]43C)[C@@H]1CC[C@@H]2O. The summed E-state index contributed by atoms with van der Waals surface area (Å²) in [6, 6.07) is 0. The summed E-state index contributed by atoms with van der Waals surface area (Å²) in [5.41, 5.74) is 1.89. The van der Waals surface area contributed by atoms with E-state index in [9.17, 15) is 14.7 Å². The maximum absolute atomic E-state index is 11.8. The van der Waals surface area contributed by atoms with Crippen molar-refractivity contribution in [1.29, 1.82) is 0 Å². The number of fused-ring (bicyclic) bond motifs is 5. The van der Waals surface area contributed by atoms with E-state index < -0.39 is 5.97 Å². The van der Waals surface area contributed by atoms with Crippen molar-refractivity contribution >= 4 is 11.8 Å². The van der Waals surface area contributed by atoms with Crippen LogP contribution in [0.2, 0.25) is 0 Å². The number of hydrogen-bond donors (Lipinski definition) is 2. The number of carboxylic acids is 1. The van der Waals surface area contributed by atoms with Crippen molar-refractivity contribution in [3.8, 4) is 0 Å². The predicted octanol–water partition coefficient (Wildman–Crippen LogP) is 6.56. The fourth-order valence-corrected chi connectivity index (χ4v) is 8.68. The second-order valence-corrected chi connectivity index (χ2v) is 12.6. The molecule has 4 saturated carbocycles. The monoisotopic (exact) mass is 458 g/mol. The highest BCUT2D eigenvalue weighted by Crippen LogP contribution is 2.65. The van der Waals surface area contributed by atoms with Gasteiger partial charge in [0.05, 0.1) is 6.10 Å². The first-order valence-electron chi connectivity index (χ1n) is 13.8.